The van der Waals surface area contributed by atoms with Gasteiger partial charge >= 0.3 is 0 Å². The molecule has 2 aromatic heterocycles. The molecule has 5 rings (SSSR count). The van der Waals surface area contributed by atoms with Crippen LogP contribution in [0.15, 0.2) is 84.3 Å². The molecule has 0 bridgehead atoms. The molecule has 0 amide bonds. The molecule has 1 aliphatic rings. The van der Waals surface area contributed by atoms with E-state index in [0.29, 0.717) is 12.2 Å². The van der Waals surface area contributed by atoms with Crippen molar-refractivity contribution in [2.24, 2.45) is 0 Å². The molecule has 1 N–H and O–H groups in total. The lowest BCUT2D eigenvalue weighted by atomic mass is 9.87. The molecule has 0 unspecified atom stereocenters. The highest BCUT2D eigenvalue weighted by Gasteiger charge is 2.35. The number of carbonyl (C=O) groups excluding carboxylic acids is 1. The molecule has 33 heavy (non-hydrogen) atoms. The third-order valence-electron chi connectivity index (χ3n) is 6.11. The SMILES string of the molecule is C[C@](Oc1ccc2c(c1CSc1ccccn1)CCCC2=O)(c1ccccc1)c1ncc[nH]1. The molecule has 5 nitrogen and oxygen atoms in total. The number of ether oxygens (including phenoxy) is 1. The topological polar surface area (TPSA) is 67.9 Å². The zero-order chi connectivity index (χ0) is 22.7. The van der Waals surface area contributed by atoms with E-state index in [4.69, 9.17) is 4.74 Å². The first-order valence-corrected chi connectivity index (χ1v) is 12.1. The van der Waals surface area contributed by atoms with Crippen molar-refractivity contribution in [1.82, 2.24) is 15.0 Å². The van der Waals surface area contributed by atoms with Crippen molar-refractivity contribution in [3.05, 3.63) is 107 Å². The molecule has 4 aromatic rings. The number of aromatic amines is 1. The maximum absolute atomic E-state index is 12.6. The van der Waals surface area contributed by atoms with Crippen molar-refractivity contribution >= 4 is 17.5 Å². The zero-order valence-corrected chi connectivity index (χ0v) is 19.3. The Morgan fingerprint density at radius 1 is 1.00 bits per heavy atom. The molecule has 0 radical (unpaired) electrons. The van der Waals surface area contributed by atoms with E-state index >= 15 is 0 Å². The second kappa shape index (κ2) is 9.24. The third-order valence-corrected chi connectivity index (χ3v) is 7.08. The number of hydrogen-bond donors (Lipinski definition) is 1. The fourth-order valence-electron chi connectivity index (χ4n) is 4.36. The maximum atomic E-state index is 12.6. The third kappa shape index (κ3) is 4.31. The Bertz CT molecular complexity index is 1240. The monoisotopic (exact) mass is 455 g/mol. The number of ketones is 1. The first-order valence-electron chi connectivity index (χ1n) is 11.1. The Balaban J connectivity index is 1.58. The summed E-state index contributed by atoms with van der Waals surface area (Å²) in [6.45, 7) is 2.03. The average Bonchev–Trinajstić information content (AvgIpc) is 3.40. The Labute approximate surface area is 197 Å². The van der Waals surface area contributed by atoms with Gasteiger partial charge in [-0.1, -0.05) is 36.4 Å². The number of imidazole rings is 1. The molecule has 1 aliphatic carbocycles. The van der Waals surface area contributed by atoms with Crippen LogP contribution in [0.25, 0.3) is 0 Å². The summed E-state index contributed by atoms with van der Waals surface area (Å²) in [7, 11) is 0. The molecule has 2 aromatic carbocycles. The number of thioether (sulfide) groups is 1. The van der Waals surface area contributed by atoms with Gasteiger partial charge in [0.2, 0.25) is 0 Å². The number of H-pyrrole nitrogens is 1. The highest BCUT2D eigenvalue weighted by molar-refractivity contribution is 7.98. The number of nitrogens with zero attached hydrogens (tertiary/aromatic N) is 2. The molecular formula is C27H25N3O2S. The second-order valence-electron chi connectivity index (χ2n) is 8.24. The van der Waals surface area contributed by atoms with E-state index in [1.165, 1.54) is 0 Å². The number of pyridine rings is 1. The lowest BCUT2D eigenvalue weighted by Crippen LogP contribution is -2.33. The Hall–Kier alpha value is -3.38. The normalized spacial score (nSPS) is 15.0. The van der Waals surface area contributed by atoms with Crippen molar-refractivity contribution < 1.29 is 9.53 Å². The van der Waals surface area contributed by atoms with Gasteiger partial charge in [0, 0.05) is 47.5 Å². The lowest BCUT2D eigenvalue weighted by molar-refractivity contribution is 0.0971. The Kier molecular flexibility index (Phi) is 6.01. The van der Waals surface area contributed by atoms with Gasteiger partial charge in [-0.05, 0) is 49.6 Å². The van der Waals surface area contributed by atoms with E-state index in [-0.39, 0.29) is 5.78 Å². The van der Waals surface area contributed by atoms with Crippen molar-refractivity contribution in [1.29, 1.82) is 0 Å². The maximum Gasteiger partial charge on any atom is 0.188 e. The number of aromatic nitrogens is 3. The van der Waals surface area contributed by atoms with Gasteiger partial charge in [0.25, 0.3) is 0 Å². The Morgan fingerprint density at radius 3 is 2.61 bits per heavy atom. The molecule has 6 heteroatoms. The summed E-state index contributed by atoms with van der Waals surface area (Å²) in [6.07, 6.45) is 7.69. The summed E-state index contributed by atoms with van der Waals surface area (Å²) in [6, 6.07) is 19.9. The molecule has 2 heterocycles. The van der Waals surface area contributed by atoms with Crippen LogP contribution in [0.5, 0.6) is 5.75 Å². The number of nitrogens with one attached hydrogen (secondary N) is 1. The second-order valence-corrected chi connectivity index (χ2v) is 9.24. The quantitative estimate of drug-likeness (QED) is 0.348. The van der Waals surface area contributed by atoms with Crippen molar-refractivity contribution in [3.8, 4) is 5.75 Å². The minimum atomic E-state index is -0.817. The van der Waals surface area contributed by atoms with Crippen molar-refractivity contribution in [3.63, 3.8) is 0 Å². The van der Waals surface area contributed by atoms with E-state index in [9.17, 15) is 4.79 Å². The number of benzene rings is 2. The first kappa shape index (κ1) is 21.5. The molecule has 0 spiro atoms. The predicted octanol–water partition coefficient (Wildman–Crippen LogP) is 5.96. The van der Waals surface area contributed by atoms with Gasteiger partial charge in [0.1, 0.15) is 5.75 Å². The Morgan fingerprint density at radius 2 is 1.85 bits per heavy atom. The highest BCUT2D eigenvalue weighted by Crippen LogP contribution is 2.40. The number of fused-ring (bicyclic) bond motifs is 1. The summed E-state index contributed by atoms with van der Waals surface area (Å²) in [5, 5.41) is 0.944. The summed E-state index contributed by atoms with van der Waals surface area (Å²) in [4.78, 5) is 24.9. The van der Waals surface area contributed by atoms with Crippen LogP contribution >= 0.6 is 11.8 Å². The minimum Gasteiger partial charge on any atom is -0.475 e. The largest absolute Gasteiger partial charge is 0.475 e. The number of Topliss-reactive ketones (excluding diaryl/α,β-unsaturated/α-hetero) is 1. The van der Waals surface area contributed by atoms with Gasteiger partial charge in [-0.15, -0.1) is 11.8 Å². The molecule has 0 saturated carbocycles. The average molecular weight is 456 g/mol. The minimum absolute atomic E-state index is 0.212. The van der Waals surface area contributed by atoms with Crippen molar-refractivity contribution in [2.75, 3.05) is 0 Å². The molecule has 0 aliphatic heterocycles. The first-order chi connectivity index (χ1) is 16.1. The van der Waals surface area contributed by atoms with Gasteiger partial charge in [0.05, 0.1) is 5.03 Å². The predicted molar refractivity (Wildman–Crippen MR) is 130 cm³/mol. The molecular weight excluding hydrogens is 430 g/mol. The van der Waals surface area contributed by atoms with Crippen LogP contribution in [-0.2, 0) is 17.8 Å². The molecule has 0 fully saturated rings. The van der Waals surface area contributed by atoms with Crippen molar-refractivity contribution in [2.45, 2.75) is 42.6 Å². The molecule has 166 valence electrons. The standard InChI is InChI=1S/C27H25N3O2S/c1-27(26-29-16-17-30-26,19-8-3-2-4-9-19)32-24-14-13-21-20(10-7-11-23(21)31)22(24)18-33-25-12-5-6-15-28-25/h2-6,8-9,12-17H,7,10-11,18H2,1H3,(H,29,30)/t27-/m0/s1. The van der Waals surface area contributed by atoms with Gasteiger partial charge in [-0.3, -0.25) is 4.79 Å². The summed E-state index contributed by atoms with van der Waals surface area (Å²) >= 11 is 1.66. The van der Waals surface area contributed by atoms with Crippen LogP contribution in [0.4, 0.5) is 0 Å². The highest BCUT2D eigenvalue weighted by atomic mass is 32.2. The number of carbonyl (C=O) groups is 1. The van der Waals surface area contributed by atoms with E-state index in [1.54, 1.807) is 24.2 Å². The van der Waals surface area contributed by atoms with Gasteiger partial charge in [-0.25, -0.2) is 9.97 Å². The number of hydrogen-bond acceptors (Lipinski definition) is 5. The molecule has 0 saturated heterocycles. The van der Waals surface area contributed by atoms with Crippen LogP contribution in [0.1, 0.15) is 52.6 Å². The fourth-order valence-corrected chi connectivity index (χ4v) is 5.28. The van der Waals surface area contributed by atoms with E-state index in [2.05, 4.69) is 15.0 Å². The van der Waals surface area contributed by atoms with E-state index in [1.807, 2.05) is 73.8 Å². The van der Waals surface area contributed by atoms with Crippen LogP contribution in [0.2, 0.25) is 0 Å². The summed E-state index contributed by atoms with van der Waals surface area (Å²) < 4.78 is 6.81. The zero-order valence-electron chi connectivity index (χ0n) is 18.5. The van der Waals surface area contributed by atoms with Gasteiger partial charge in [-0.2, -0.15) is 0 Å². The van der Waals surface area contributed by atoms with E-state index in [0.717, 1.165) is 51.7 Å². The van der Waals surface area contributed by atoms with Gasteiger partial charge in [0.15, 0.2) is 17.2 Å². The number of rotatable bonds is 7. The van der Waals surface area contributed by atoms with Crippen LogP contribution in [0, 0.1) is 0 Å². The van der Waals surface area contributed by atoms with Crippen LogP contribution < -0.4 is 4.74 Å². The van der Waals surface area contributed by atoms with Crippen LogP contribution in [0.3, 0.4) is 0 Å². The summed E-state index contributed by atoms with van der Waals surface area (Å²) in [5.74, 6) is 2.38. The van der Waals surface area contributed by atoms with Crippen LogP contribution in [-0.4, -0.2) is 20.7 Å². The van der Waals surface area contributed by atoms with E-state index < -0.39 is 5.60 Å². The van der Waals surface area contributed by atoms with Gasteiger partial charge < -0.3 is 9.72 Å². The summed E-state index contributed by atoms with van der Waals surface area (Å²) in [5.41, 5.74) is 3.16. The smallest absolute Gasteiger partial charge is 0.188 e. The lowest BCUT2D eigenvalue weighted by Gasteiger charge is -2.32. The fraction of sp³-hybridized carbons (Fsp3) is 0.222. The molecule has 1 atom stereocenters.